The zero-order valence-corrected chi connectivity index (χ0v) is 13.9. The van der Waals surface area contributed by atoms with Crippen LogP contribution in [0.5, 0.6) is 0 Å². The lowest BCUT2D eigenvalue weighted by Gasteiger charge is -2.57. The fourth-order valence-electron chi connectivity index (χ4n) is 2.66. The SMILES string of the molecule is CCOC1CC(N)(C(=O)Nc2cnn(CC)c2)C1(C)C.Cl. The molecule has 6 nitrogen and oxygen atoms in total. The Hall–Kier alpha value is -1.11. The summed E-state index contributed by atoms with van der Waals surface area (Å²) < 4.78 is 7.39. The zero-order chi connectivity index (χ0) is 15.0. The van der Waals surface area contributed by atoms with Gasteiger partial charge in [-0.05, 0) is 13.8 Å². The van der Waals surface area contributed by atoms with Gasteiger partial charge in [0, 0.05) is 31.2 Å². The molecule has 0 radical (unpaired) electrons. The number of carbonyl (C=O) groups excluding carboxylic acids is 1. The molecule has 2 rings (SSSR count). The largest absolute Gasteiger partial charge is 0.378 e. The molecular weight excluding hydrogens is 292 g/mol. The molecule has 1 amide bonds. The monoisotopic (exact) mass is 316 g/mol. The first kappa shape index (κ1) is 17.9. The van der Waals surface area contributed by atoms with Crippen molar-refractivity contribution in [1.82, 2.24) is 9.78 Å². The van der Waals surface area contributed by atoms with E-state index in [1.54, 1.807) is 17.1 Å². The van der Waals surface area contributed by atoms with E-state index in [2.05, 4.69) is 10.4 Å². The maximum absolute atomic E-state index is 12.5. The Bertz CT molecular complexity index is 503. The van der Waals surface area contributed by atoms with Crippen molar-refractivity contribution < 1.29 is 9.53 Å². The second-order valence-corrected chi connectivity index (χ2v) is 5.88. The van der Waals surface area contributed by atoms with E-state index >= 15 is 0 Å². The van der Waals surface area contributed by atoms with Crippen molar-refractivity contribution in [2.45, 2.75) is 52.3 Å². The van der Waals surface area contributed by atoms with Gasteiger partial charge in [-0.25, -0.2) is 0 Å². The van der Waals surface area contributed by atoms with Gasteiger partial charge in [0.15, 0.2) is 0 Å². The van der Waals surface area contributed by atoms with Gasteiger partial charge in [0.05, 0.1) is 18.0 Å². The third-order valence-electron chi connectivity index (χ3n) is 4.45. The topological polar surface area (TPSA) is 82.2 Å². The van der Waals surface area contributed by atoms with E-state index in [0.717, 1.165) is 6.54 Å². The molecule has 1 heterocycles. The average Bonchev–Trinajstić information content (AvgIpc) is 2.85. The van der Waals surface area contributed by atoms with E-state index in [9.17, 15) is 4.79 Å². The van der Waals surface area contributed by atoms with Gasteiger partial charge in [-0.15, -0.1) is 12.4 Å². The van der Waals surface area contributed by atoms with Gasteiger partial charge >= 0.3 is 0 Å². The number of carbonyl (C=O) groups is 1. The predicted octanol–water partition coefficient (Wildman–Crippen LogP) is 1.80. The van der Waals surface area contributed by atoms with Gasteiger partial charge in [0.2, 0.25) is 5.91 Å². The van der Waals surface area contributed by atoms with Crippen LogP contribution in [0, 0.1) is 5.41 Å². The van der Waals surface area contributed by atoms with E-state index in [1.807, 2.05) is 27.7 Å². The molecule has 1 aromatic rings. The highest BCUT2D eigenvalue weighted by atomic mass is 35.5. The standard InChI is InChI=1S/C14H24N4O2.ClH/c1-5-18-9-10(8-16-18)17-12(19)14(15)7-11(20-6-2)13(14,3)4;/h8-9,11H,5-7,15H2,1-4H3,(H,17,19);1H. The fourth-order valence-corrected chi connectivity index (χ4v) is 2.66. The van der Waals surface area contributed by atoms with Crippen LogP contribution in [0.25, 0.3) is 0 Å². The quantitative estimate of drug-likeness (QED) is 0.867. The molecule has 1 aromatic heterocycles. The van der Waals surface area contributed by atoms with Crippen LogP contribution in [-0.2, 0) is 16.1 Å². The first-order valence-corrected chi connectivity index (χ1v) is 7.09. The predicted molar refractivity (Wildman–Crippen MR) is 84.5 cm³/mol. The maximum atomic E-state index is 12.5. The molecule has 0 spiro atoms. The van der Waals surface area contributed by atoms with Crippen LogP contribution in [0.2, 0.25) is 0 Å². The van der Waals surface area contributed by atoms with E-state index < -0.39 is 5.54 Å². The van der Waals surface area contributed by atoms with Gasteiger partial charge in [0.1, 0.15) is 5.54 Å². The Balaban J connectivity index is 0.00000220. The van der Waals surface area contributed by atoms with Crippen molar-refractivity contribution in [1.29, 1.82) is 0 Å². The summed E-state index contributed by atoms with van der Waals surface area (Å²) in [4.78, 5) is 12.5. The molecule has 0 aliphatic heterocycles. The minimum Gasteiger partial charge on any atom is -0.378 e. The minimum atomic E-state index is -0.902. The second-order valence-electron chi connectivity index (χ2n) is 5.88. The summed E-state index contributed by atoms with van der Waals surface area (Å²) in [6, 6.07) is 0. The van der Waals surface area contributed by atoms with Crippen LogP contribution in [0.1, 0.15) is 34.1 Å². The molecule has 2 unspecified atom stereocenters. The Kier molecular flexibility index (Phi) is 5.41. The van der Waals surface area contributed by atoms with Crippen LogP contribution in [0.3, 0.4) is 0 Å². The van der Waals surface area contributed by atoms with Crippen molar-refractivity contribution in [2.24, 2.45) is 11.1 Å². The summed E-state index contributed by atoms with van der Waals surface area (Å²) in [5, 5.41) is 6.99. The minimum absolute atomic E-state index is 0. The molecule has 1 saturated carbocycles. The van der Waals surface area contributed by atoms with Crippen LogP contribution in [0.15, 0.2) is 12.4 Å². The van der Waals surface area contributed by atoms with Crippen molar-refractivity contribution in [2.75, 3.05) is 11.9 Å². The molecule has 1 fully saturated rings. The Morgan fingerprint density at radius 2 is 2.24 bits per heavy atom. The normalized spacial score (nSPS) is 26.6. The number of anilines is 1. The number of rotatable bonds is 5. The Morgan fingerprint density at radius 1 is 1.57 bits per heavy atom. The Morgan fingerprint density at radius 3 is 2.71 bits per heavy atom. The van der Waals surface area contributed by atoms with Crippen molar-refractivity contribution >= 4 is 24.0 Å². The summed E-state index contributed by atoms with van der Waals surface area (Å²) in [6.45, 7) is 9.30. The van der Waals surface area contributed by atoms with Crippen molar-refractivity contribution in [3.63, 3.8) is 0 Å². The first-order chi connectivity index (χ1) is 9.35. The third kappa shape index (κ3) is 2.93. The molecule has 0 bridgehead atoms. The smallest absolute Gasteiger partial charge is 0.245 e. The number of hydrogen-bond donors (Lipinski definition) is 2. The fraction of sp³-hybridized carbons (Fsp3) is 0.714. The van der Waals surface area contributed by atoms with Crippen LogP contribution in [0.4, 0.5) is 5.69 Å². The number of ether oxygens (including phenoxy) is 1. The molecular formula is C14H25ClN4O2. The molecule has 21 heavy (non-hydrogen) atoms. The maximum Gasteiger partial charge on any atom is 0.245 e. The van der Waals surface area contributed by atoms with E-state index in [4.69, 9.17) is 10.5 Å². The number of halogens is 1. The summed E-state index contributed by atoms with van der Waals surface area (Å²) in [5.74, 6) is -0.172. The first-order valence-electron chi connectivity index (χ1n) is 7.09. The lowest BCUT2D eigenvalue weighted by molar-refractivity contribution is -0.166. The molecule has 120 valence electrons. The highest BCUT2D eigenvalue weighted by molar-refractivity contribution is 5.99. The van der Waals surface area contributed by atoms with Crippen LogP contribution < -0.4 is 11.1 Å². The number of aromatic nitrogens is 2. The molecule has 2 atom stereocenters. The number of amides is 1. The average molecular weight is 317 g/mol. The third-order valence-corrected chi connectivity index (χ3v) is 4.45. The molecule has 1 aliphatic rings. The van der Waals surface area contributed by atoms with Crippen LogP contribution >= 0.6 is 12.4 Å². The number of aryl methyl sites for hydroxylation is 1. The van der Waals surface area contributed by atoms with E-state index in [-0.39, 0.29) is 29.8 Å². The molecule has 0 aromatic carbocycles. The number of nitrogens with one attached hydrogen (secondary N) is 1. The van der Waals surface area contributed by atoms with E-state index in [1.165, 1.54) is 0 Å². The van der Waals surface area contributed by atoms with Crippen molar-refractivity contribution in [3.05, 3.63) is 12.4 Å². The van der Waals surface area contributed by atoms with Gasteiger partial charge < -0.3 is 15.8 Å². The summed E-state index contributed by atoms with van der Waals surface area (Å²) in [7, 11) is 0. The van der Waals surface area contributed by atoms with E-state index in [0.29, 0.717) is 18.7 Å². The van der Waals surface area contributed by atoms with Gasteiger partial charge in [-0.1, -0.05) is 13.8 Å². The zero-order valence-electron chi connectivity index (χ0n) is 13.0. The van der Waals surface area contributed by atoms with Gasteiger partial charge in [0.25, 0.3) is 0 Å². The molecule has 1 aliphatic carbocycles. The number of nitrogens with two attached hydrogens (primary N) is 1. The van der Waals surface area contributed by atoms with Gasteiger partial charge in [-0.3, -0.25) is 9.48 Å². The van der Waals surface area contributed by atoms with Crippen molar-refractivity contribution in [3.8, 4) is 0 Å². The summed E-state index contributed by atoms with van der Waals surface area (Å²) in [5.41, 5.74) is 5.71. The lowest BCUT2D eigenvalue weighted by Crippen LogP contribution is -2.74. The molecule has 7 heteroatoms. The highest BCUT2D eigenvalue weighted by Gasteiger charge is 2.62. The highest BCUT2D eigenvalue weighted by Crippen LogP contribution is 2.50. The van der Waals surface area contributed by atoms with Gasteiger partial charge in [-0.2, -0.15) is 5.10 Å². The number of nitrogens with zero attached hydrogens (tertiary/aromatic N) is 2. The lowest BCUT2D eigenvalue weighted by atomic mass is 9.54. The molecule has 0 saturated heterocycles. The summed E-state index contributed by atoms with van der Waals surface area (Å²) >= 11 is 0. The second kappa shape index (κ2) is 6.34. The van der Waals surface area contributed by atoms with Crippen LogP contribution in [-0.4, -0.2) is 33.9 Å². The summed E-state index contributed by atoms with van der Waals surface area (Å²) in [6.07, 6.45) is 4.01. The molecule has 3 N–H and O–H groups in total. The number of hydrogen-bond acceptors (Lipinski definition) is 4. The Labute approximate surface area is 131 Å².